The van der Waals surface area contributed by atoms with E-state index in [0.717, 1.165) is 24.3 Å². The van der Waals surface area contributed by atoms with Gasteiger partial charge in [0.05, 0.1) is 11.4 Å². The zero-order valence-electron chi connectivity index (χ0n) is 23.4. The smallest absolute Gasteiger partial charge is 0.173 e. The largest absolute Gasteiger partial charge is 0.393 e. The lowest BCUT2D eigenvalue weighted by Gasteiger charge is -2.26. The van der Waals surface area contributed by atoms with Crippen molar-refractivity contribution in [3.8, 4) is 0 Å². The van der Waals surface area contributed by atoms with Crippen molar-refractivity contribution >= 4 is 28.7 Å². The molecule has 38 heavy (non-hydrogen) atoms. The third kappa shape index (κ3) is 10.6. The van der Waals surface area contributed by atoms with E-state index in [4.69, 9.17) is 5.73 Å². The van der Waals surface area contributed by atoms with E-state index in [9.17, 15) is 0 Å². The fourth-order valence-electron chi connectivity index (χ4n) is 4.69. The molecule has 206 valence electrons. The Kier molecular flexibility index (Phi) is 13.9. The highest BCUT2D eigenvalue weighted by molar-refractivity contribution is 5.77. The van der Waals surface area contributed by atoms with Crippen molar-refractivity contribution in [3.05, 3.63) is 67.0 Å². The van der Waals surface area contributed by atoms with E-state index in [1.54, 1.807) is 6.33 Å². The molecule has 1 heterocycles. The SMILES string of the molecule is CCCCCCCCCCCCCCCCNc1ncnc(NN(c2ccccc2)c2ccccc2)c1N. The average Bonchev–Trinajstić information content (AvgIpc) is 2.96. The lowest BCUT2D eigenvalue weighted by atomic mass is 10.0. The molecule has 0 aliphatic carbocycles. The Bertz CT molecular complexity index is 956. The molecule has 0 saturated heterocycles. The predicted octanol–water partition coefficient (Wildman–Crippen LogP) is 9.12. The number of unbranched alkanes of at least 4 members (excludes halogenated alkanes) is 13. The van der Waals surface area contributed by atoms with Crippen molar-refractivity contribution in [2.75, 3.05) is 28.0 Å². The molecule has 0 unspecified atom stereocenters. The summed E-state index contributed by atoms with van der Waals surface area (Å²) >= 11 is 0. The van der Waals surface area contributed by atoms with Gasteiger partial charge in [-0.3, -0.25) is 10.4 Å². The van der Waals surface area contributed by atoms with E-state index in [1.165, 1.54) is 83.5 Å². The van der Waals surface area contributed by atoms with Crippen LogP contribution in [0.4, 0.5) is 28.7 Å². The molecule has 3 rings (SSSR count). The second-order valence-electron chi connectivity index (χ2n) is 10.1. The molecule has 0 amide bonds. The van der Waals surface area contributed by atoms with Gasteiger partial charge < -0.3 is 11.1 Å². The zero-order valence-corrected chi connectivity index (χ0v) is 23.4. The number of hydrogen-bond acceptors (Lipinski definition) is 6. The maximum atomic E-state index is 6.47. The number of benzene rings is 2. The van der Waals surface area contributed by atoms with Crippen LogP contribution < -0.4 is 21.5 Å². The minimum absolute atomic E-state index is 0.523. The molecule has 1 aromatic heterocycles. The van der Waals surface area contributed by atoms with Crippen molar-refractivity contribution in [2.24, 2.45) is 0 Å². The van der Waals surface area contributed by atoms with E-state index in [1.807, 2.05) is 65.7 Å². The number of nitrogen functional groups attached to an aromatic ring is 1. The lowest BCUT2D eigenvalue weighted by molar-refractivity contribution is 0.537. The number of nitrogens with zero attached hydrogens (tertiary/aromatic N) is 3. The highest BCUT2D eigenvalue weighted by Gasteiger charge is 2.14. The molecule has 0 radical (unpaired) electrons. The van der Waals surface area contributed by atoms with E-state index < -0.39 is 0 Å². The number of rotatable bonds is 20. The van der Waals surface area contributed by atoms with Crippen LogP contribution in [0.3, 0.4) is 0 Å². The molecule has 0 aliphatic heterocycles. The first kappa shape index (κ1) is 29.3. The Morgan fingerprint density at radius 2 is 1.05 bits per heavy atom. The Morgan fingerprint density at radius 3 is 1.55 bits per heavy atom. The highest BCUT2D eigenvalue weighted by Crippen LogP contribution is 2.29. The summed E-state index contributed by atoms with van der Waals surface area (Å²) in [5.74, 6) is 1.26. The molecule has 0 aliphatic rings. The minimum atomic E-state index is 0.523. The Hall–Kier alpha value is -3.28. The molecule has 4 N–H and O–H groups in total. The normalized spacial score (nSPS) is 10.9. The van der Waals surface area contributed by atoms with Crippen molar-refractivity contribution < 1.29 is 0 Å². The fraction of sp³-hybridized carbons (Fsp3) is 0.500. The summed E-state index contributed by atoms with van der Waals surface area (Å²) in [4.78, 5) is 8.81. The Morgan fingerprint density at radius 1 is 0.605 bits per heavy atom. The average molecular weight is 517 g/mol. The quantitative estimate of drug-likeness (QED) is 0.103. The summed E-state index contributed by atoms with van der Waals surface area (Å²) in [6.07, 6.45) is 20.6. The topological polar surface area (TPSA) is 79.1 Å². The van der Waals surface area contributed by atoms with Crippen LogP contribution in [-0.2, 0) is 0 Å². The van der Waals surface area contributed by atoms with Crippen molar-refractivity contribution in [3.63, 3.8) is 0 Å². The lowest BCUT2D eigenvalue weighted by Crippen LogP contribution is -2.26. The molecule has 0 saturated carbocycles. The number of nitrogens with one attached hydrogen (secondary N) is 2. The number of anilines is 5. The molecule has 2 aromatic carbocycles. The van der Waals surface area contributed by atoms with Crippen LogP contribution in [0, 0.1) is 0 Å². The van der Waals surface area contributed by atoms with Crippen LogP contribution in [0.1, 0.15) is 96.8 Å². The summed E-state index contributed by atoms with van der Waals surface area (Å²) in [7, 11) is 0. The Labute approximate surface area is 230 Å². The van der Waals surface area contributed by atoms with Gasteiger partial charge in [-0.05, 0) is 30.7 Å². The van der Waals surface area contributed by atoms with Gasteiger partial charge in [0.1, 0.15) is 12.0 Å². The molecule has 6 heteroatoms. The first-order valence-electron chi connectivity index (χ1n) is 14.8. The van der Waals surface area contributed by atoms with Crippen molar-refractivity contribution in [1.29, 1.82) is 0 Å². The van der Waals surface area contributed by atoms with Gasteiger partial charge in [0, 0.05) is 6.54 Å². The van der Waals surface area contributed by atoms with Crippen molar-refractivity contribution in [1.82, 2.24) is 9.97 Å². The molecular formula is C32H48N6. The molecule has 6 nitrogen and oxygen atoms in total. The maximum absolute atomic E-state index is 6.47. The van der Waals surface area contributed by atoms with E-state index in [0.29, 0.717) is 17.3 Å². The van der Waals surface area contributed by atoms with Gasteiger partial charge in [-0.25, -0.2) is 9.97 Å². The number of aromatic nitrogens is 2. The Balaban J connectivity index is 1.35. The second-order valence-corrected chi connectivity index (χ2v) is 10.1. The maximum Gasteiger partial charge on any atom is 0.173 e. The van der Waals surface area contributed by atoms with E-state index in [2.05, 4.69) is 27.6 Å². The molecule has 0 bridgehead atoms. The monoisotopic (exact) mass is 516 g/mol. The second kappa shape index (κ2) is 18.1. The number of hydrazine groups is 1. The van der Waals surface area contributed by atoms with E-state index in [-0.39, 0.29) is 0 Å². The third-order valence-corrected chi connectivity index (χ3v) is 6.95. The molecule has 0 spiro atoms. The summed E-state index contributed by atoms with van der Waals surface area (Å²) in [6.45, 7) is 3.14. The standard InChI is InChI=1S/C32H48N6/c1-2-3-4-5-6-7-8-9-10-11-12-13-14-21-26-34-31-30(33)32(36-27-35-31)37-38(28-22-17-15-18-23-28)29-24-19-16-20-25-29/h15-20,22-25,27H,2-14,21,26,33H2,1H3,(H2,34,35,36,37). The highest BCUT2D eigenvalue weighted by atomic mass is 15.5. The van der Waals surface area contributed by atoms with Crippen LogP contribution in [0.5, 0.6) is 0 Å². The van der Waals surface area contributed by atoms with Crippen LogP contribution in [-0.4, -0.2) is 16.5 Å². The molecule has 0 fully saturated rings. The van der Waals surface area contributed by atoms with Gasteiger partial charge in [-0.1, -0.05) is 127 Å². The van der Waals surface area contributed by atoms with E-state index >= 15 is 0 Å². The van der Waals surface area contributed by atoms with Crippen LogP contribution in [0.15, 0.2) is 67.0 Å². The van der Waals surface area contributed by atoms with Gasteiger partial charge >= 0.3 is 0 Å². The first-order valence-corrected chi connectivity index (χ1v) is 14.8. The van der Waals surface area contributed by atoms with Crippen LogP contribution in [0.2, 0.25) is 0 Å². The van der Waals surface area contributed by atoms with Crippen LogP contribution >= 0.6 is 0 Å². The summed E-state index contributed by atoms with van der Waals surface area (Å²) in [6, 6.07) is 20.3. The zero-order chi connectivity index (χ0) is 26.7. The summed E-state index contributed by atoms with van der Waals surface area (Å²) < 4.78 is 0. The first-order chi connectivity index (χ1) is 18.8. The summed E-state index contributed by atoms with van der Waals surface area (Å²) in [5, 5.41) is 5.40. The van der Waals surface area contributed by atoms with Gasteiger partial charge in [0.15, 0.2) is 11.6 Å². The van der Waals surface area contributed by atoms with Gasteiger partial charge in [-0.2, -0.15) is 0 Å². The minimum Gasteiger partial charge on any atom is -0.393 e. The van der Waals surface area contributed by atoms with Crippen LogP contribution in [0.25, 0.3) is 0 Å². The predicted molar refractivity (Wildman–Crippen MR) is 164 cm³/mol. The van der Waals surface area contributed by atoms with Gasteiger partial charge in [0.25, 0.3) is 0 Å². The number of hydrogen-bond donors (Lipinski definition) is 3. The van der Waals surface area contributed by atoms with Gasteiger partial charge in [-0.15, -0.1) is 0 Å². The number of nitrogens with two attached hydrogens (primary N) is 1. The summed E-state index contributed by atoms with van der Waals surface area (Å²) in [5.41, 5.74) is 12.4. The number of para-hydroxylation sites is 2. The molecule has 0 atom stereocenters. The molecule has 3 aromatic rings. The van der Waals surface area contributed by atoms with Gasteiger partial charge in [0.2, 0.25) is 0 Å². The third-order valence-electron chi connectivity index (χ3n) is 6.95. The van der Waals surface area contributed by atoms with Crippen molar-refractivity contribution in [2.45, 2.75) is 96.8 Å². The fourth-order valence-corrected chi connectivity index (χ4v) is 4.69. The molecular weight excluding hydrogens is 468 g/mol.